The zero-order valence-electron chi connectivity index (χ0n) is 16.6. The summed E-state index contributed by atoms with van der Waals surface area (Å²) in [4.78, 5) is 12.8. The van der Waals surface area contributed by atoms with E-state index in [-0.39, 0.29) is 17.4 Å². The van der Waals surface area contributed by atoms with Crippen molar-refractivity contribution in [2.24, 2.45) is 0 Å². The number of alkyl carbamates (subject to hydrolysis) is 1. The summed E-state index contributed by atoms with van der Waals surface area (Å²) in [5.74, 6) is 1.08. The molecule has 0 fully saturated rings. The Balaban J connectivity index is 1.82. The Morgan fingerprint density at radius 1 is 1.42 bits per heavy atom. The predicted molar refractivity (Wildman–Crippen MR) is 107 cm³/mol. The molecule has 0 saturated heterocycles. The van der Waals surface area contributed by atoms with Crippen LogP contribution in [-0.2, 0) is 10.2 Å². The van der Waals surface area contributed by atoms with E-state index in [1.165, 1.54) is 11.1 Å². The van der Waals surface area contributed by atoms with Gasteiger partial charge < -0.3 is 20.1 Å². The maximum Gasteiger partial charge on any atom is 0.407 e. The van der Waals surface area contributed by atoms with Gasteiger partial charge in [0.25, 0.3) is 0 Å². The number of hydrogen-bond acceptors (Lipinski definition) is 4. The van der Waals surface area contributed by atoms with Crippen LogP contribution in [-0.4, -0.2) is 29.3 Å². The lowest BCUT2D eigenvalue weighted by Gasteiger charge is -2.22. The summed E-state index contributed by atoms with van der Waals surface area (Å²) in [6.07, 6.45) is -0.553. The molecule has 2 heterocycles. The van der Waals surface area contributed by atoms with Crippen molar-refractivity contribution < 1.29 is 14.3 Å². The number of nitrogens with one attached hydrogen (secondary N) is 2. The van der Waals surface area contributed by atoms with Gasteiger partial charge in [-0.3, -0.25) is 0 Å². The maximum atomic E-state index is 12.0. The number of ether oxygens (including phenoxy) is 2. The van der Waals surface area contributed by atoms with Crippen LogP contribution in [0, 0.1) is 6.92 Å². The largest absolute Gasteiger partial charge is 0.487 e. The van der Waals surface area contributed by atoms with Crippen LogP contribution in [0.4, 0.5) is 10.5 Å². The second-order valence-corrected chi connectivity index (χ2v) is 9.18. The van der Waals surface area contributed by atoms with E-state index in [0.717, 1.165) is 22.0 Å². The lowest BCUT2D eigenvalue weighted by molar-refractivity contribution is 0.0502. The topological polar surface area (TPSA) is 59.6 Å². The number of benzene rings is 1. The normalized spacial score (nSPS) is 23.0. The molecule has 2 aliphatic heterocycles. The smallest absolute Gasteiger partial charge is 0.407 e. The van der Waals surface area contributed by atoms with Gasteiger partial charge >= 0.3 is 6.09 Å². The number of rotatable bonds is 2. The fraction of sp³-hybridized carbons (Fsp3) is 0.600. The van der Waals surface area contributed by atoms with E-state index >= 15 is 0 Å². The monoisotopic (exact) mass is 376 g/mol. The van der Waals surface area contributed by atoms with E-state index in [2.05, 4.69) is 44.4 Å². The summed E-state index contributed by atoms with van der Waals surface area (Å²) < 4.78 is 11.6. The van der Waals surface area contributed by atoms with Gasteiger partial charge in [-0.05, 0) is 53.2 Å². The van der Waals surface area contributed by atoms with Crippen LogP contribution in [0.3, 0.4) is 0 Å². The first-order valence-corrected chi connectivity index (χ1v) is 9.45. The minimum atomic E-state index is -0.515. The van der Waals surface area contributed by atoms with Gasteiger partial charge in [-0.15, -0.1) is 0 Å². The number of amides is 1. The van der Waals surface area contributed by atoms with Gasteiger partial charge in [-0.2, -0.15) is 0 Å². The minimum absolute atomic E-state index is 0.131. The molecule has 0 aromatic heterocycles. The molecule has 0 aliphatic carbocycles. The second-order valence-electron chi connectivity index (χ2n) is 8.77. The number of thiocarbonyl (C=S) groups is 1. The van der Waals surface area contributed by atoms with Crippen LogP contribution in [0.2, 0.25) is 0 Å². The van der Waals surface area contributed by atoms with E-state index in [0.29, 0.717) is 6.54 Å². The molecule has 0 spiro atoms. The minimum Gasteiger partial charge on any atom is -0.487 e. The van der Waals surface area contributed by atoms with Gasteiger partial charge in [-0.25, -0.2) is 4.79 Å². The molecule has 0 bridgehead atoms. The van der Waals surface area contributed by atoms with E-state index in [9.17, 15) is 4.79 Å². The fourth-order valence-electron chi connectivity index (χ4n) is 3.60. The van der Waals surface area contributed by atoms with Crippen molar-refractivity contribution in [2.45, 2.75) is 71.5 Å². The Hall–Kier alpha value is -1.82. The number of anilines is 1. The van der Waals surface area contributed by atoms with Crippen LogP contribution in [0.5, 0.6) is 5.75 Å². The zero-order valence-corrected chi connectivity index (χ0v) is 17.4. The molecule has 2 aliphatic rings. The van der Waals surface area contributed by atoms with Crippen molar-refractivity contribution in [2.75, 3.05) is 11.9 Å². The molecule has 5 nitrogen and oxygen atoms in total. The first kappa shape index (κ1) is 19.0. The van der Waals surface area contributed by atoms with E-state index in [4.69, 9.17) is 21.7 Å². The highest BCUT2D eigenvalue weighted by molar-refractivity contribution is 7.80. The Morgan fingerprint density at radius 2 is 2.08 bits per heavy atom. The molecule has 1 amide bonds. The van der Waals surface area contributed by atoms with E-state index in [1.54, 1.807) is 0 Å². The summed E-state index contributed by atoms with van der Waals surface area (Å²) in [5, 5.41) is 6.18. The number of carbonyl (C=O) groups excluding carboxylic acids is 1. The molecule has 0 radical (unpaired) electrons. The number of aryl methyl sites for hydroxylation is 1. The van der Waals surface area contributed by atoms with Crippen LogP contribution in [0.1, 0.15) is 64.2 Å². The zero-order chi connectivity index (χ0) is 19.4. The van der Waals surface area contributed by atoms with Gasteiger partial charge in [0.1, 0.15) is 17.5 Å². The Kier molecular flexibility index (Phi) is 4.46. The highest BCUT2D eigenvalue weighted by atomic mass is 32.1. The molecule has 26 heavy (non-hydrogen) atoms. The summed E-state index contributed by atoms with van der Waals surface area (Å²) >= 11 is 5.55. The standard InChI is InChI=1S/C20H28N2O3S/c1-10-8-12-11(2)13(9-21-18(23)25-19(3,4)5)24-16(12)14-15(10)22-17(26)20(14,6)7/h8,11,13H,9H2,1-7H3,(H,21,23)(H,22,26)/t11-,13-/m0/s1. The van der Waals surface area contributed by atoms with Crippen LogP contribution in [0.15, 0.2) is 6.07 Å². The van der Waals surface area contributed by atoms with Crippen molar-refractivity contribution in [3.05, 3.63) is 22.8 Å². The summed E-state index contributed by atoms with van der Waals surface area (Å²) in [6.45, 7) is 14.4. The van der Waals surface area contributed by atoms with Crippen molar-refractivity contribution in [1.82, 2.24) is 5.32 Å². The van der Waals surface area contributed by atoms with Gasteiger partial charge in [0.05, 0.1) is 11.5 Å². The molecular formula is C20H28N2O3S. The van der Waals surface area contributed by atoms with Gasteiger partial charge in [0, 0.05) is 28.1 Å². The maximum absolute atomic E-state index is 12.0. The van der Waals surface area contributed by atoms with Crippen LogP contribution >= 0.6 is 12.2 Å². The molecule has 1 aromatic carbocycles. The summed E-state index contributed by atoms with van der Waals surface area (Å²) in [5.41, 5.74) is 3.75. The molecule has 2 N–H and O–H groups in total. The summed E-state index contributed by atoms with van der Waals surface area (Å²) in [7, 11) is 0. The Morgan fingerprint density at radius 3 is 2.69 bits per heavy atom. The number of fused-ring (bicyclic) bond motifs is 3. The third kappa shape index (κ3) is 3.15. The van der Waals surface area contributed by atoms with Gasteiger partial charge in [0.15, 0.2) is 0 Å². The second kappa shape index (κ2) is 6.12. The highest BCUT2D eigenvalue weighted by Crippen LogP contribution is 2.52. The quantitative estimate of drug-likeness (QED) is 0.749. The van der Waals surface area contributed by atoms with Gasteiger partial charge in [0.2, 0.25) is 0 Å². The van der Waals surface area contributed by atoms with Crippen molar-refractivity contribution >= 4 is 29.0 Å². The van der Waals surface area contributed by atoms with E-state index in [1.807, 2.05) is 20.8 Å². The molecular weight excluding hydrogens is 348 g/mol. The third-order valence-electron chi connectivity index (χ3n) is 5.10. The first-order valence-electron chi connectivity index (χ1n) is 9.04. The Bertz CT molecular complexity index is 780. The van der Waals surface area contributed by atoms with E-state index < -0.39 is 11.7 Å². The highest BCUT2D eigenvalue weighted by Gasteiger charge is 2.44. The third-order valence-corrected chi connectivity index (χ3v) is 5.71. The van der Waals surface area contributed by atoms with Crippen LogP contribution in [0.25, 0.3) is 0 Å². The fourth-order valence-corrected chi connectivity index (χ4v) is 3.81. The van der Waals surface area contributed by atoms with Crippen molar-refractivity contribution in [3.8, 4) is 5.75 Å². The predicted octanol–water partition coefficient (Wildman–Crippen LogP) is 4.41. The number of carbonyl (C=O) groups is 1. The molecule has 6 heteroatoms. The first-order chi connectivity index (χ1) is 11.9. The SMILES string of the molecule is Cc1cc2c(c3c1NC(=S)C3(C)C)O[C@@H](CNC(=O)OC(C)(C)C)[C@H]2C. The number of hydrogen-bond donors (Lipinski definition) is 2. The molecule has 142 valence electrons. The molecule has 2 atom stereocenters. The lowest BCUT2D eigenvalue weighted by atomic mass is 9.82. The molecule has 3 rings (SSSR count). The van der Waals surface area contributed by atoms with Gasteiger partial charge in [-0.1, -0.05) is 19.1 Å². The molecule has 1 aromatic rings. The van der Waals surface area contributed by atoms with Crippen LogP contribution < -0.4 is 15.4 Å². The average molecular weight is 377 g/mol. The lowest BCUT2D eigenvalue weighted by Crippen LogP contribution is -2.39. The van der Waals surface area contributed by atoms with Crippen molar-refractivity contribution in [1.29, 1.82) is 0 Å². The Labute approximate surface area is 160 Å². The molecule has 0 unspecified atom stereocenters. The van der Waals surface area contributed by atoms with Crippen molar-refractivity contribution in [3.63, 3.8) is 0 Å². The summed E-state index contributed by atoms with van der Waals surface area (Å²) in [6, 6.07) is 2.17. The average Bonchev–Trinajstić information content (AvgIpc) is 2.92. The molecule has 0 saturated carbocycles.